The van der Waals surface area contributed by atoms with Crippen LogP contribution in [-0.2, 0) is 28.7 Å². The molecule has 2 N–H and O–H groups in total. The van der Waals surface area contributed by atoms with E-state index < -0.39 is 41.1 Å². The number of aromatic nitrogens is 3. The summed E-state index contributed by atoms with van der Waals surface area (Å²) in [5.74, 6) is -2.41. The summed E-state index contributed by atoms with van der Waals surface area (Å²) in [4.78, 5) is 30.4. The molecule has 1 atom stereocenters. The van der Waals surface area contributed by atoms with Crippen molar-refractivity contribution >= 4 is 17.5 Å². The van der Waals surface area contributed by atoms with Crippen LogP contribution in [0, 0.1) is 19.7 Å². The average molecular weight is 629 g/mol. The lowest BCUT2D eigenvalue weighted by Crippen LogP contribution is -2.29. The molecule has 0 fully saturated rings. The van der Waals surface area contributed by atoms with Crippen LogP contribution in [0.1, 0.15) is 77.3 Å². The Kier molecular flexibility index (Phi) is 8.34. The molecule has 13 heteroatoms. The van der Waals surface area contributed by atoms with E-state index in [0.717, 1.165) is 12.1 Å². The maximum absolute atomic E-state index is 15.5. The first kappa shape index (κ1) is 31.9. The van der Waals surface area contributed by atoms with Crippen LogP contribution in [0.4, 0.5) is 17.6 Å². The summed E-state index contributed by atoms with van der Waals surface area (Å²) in [6, 6.07) is 7.04. The number of amides is 1. The van der Waals surface area contributed by atoms with E-state index in [1.165, 1.54) is 28.8 Å². The molecular weight excluding hydrogens is 596 g/mol. The summed E-state index contributed by atoms with van der Waals surface area (Å²) >= 11 is 0. The predicted octanol–water partition coefficient (Wildman–Crippen LogP) is 6.37. The van der Waals surface area contributed by atoms with Gasteiger partial charge < -0.3 is 19.9 Å². The number of halogens is 4. The maximum Gasteiger partial charge on any atom is 0.416 e. The van der Waals surface area contributed by atoms with Gasteiger partial charge in [0.25, 0.3) is 5.91 Å². The van der Waals surface area contributed by atoms with E-state index in [1.54, 1.807) is 34.6 Å². The van der Waals surface area contributed by atoms with Crippen molar-refractivity contribution in [2.24, 2.45) is 0 Å². The smallest absolute Gasteiger partial charge is 0.416 e. The van der Waals surface area contributed by atoms with Crippen LogP contribution in [0.5, 0.6) is 5.75 Å². The number of carbonyl (C=O) groups excluding carboxylic acids is 1. The zero-order chi connectivity index (χ0) is 32.8. The minimum absolute atomic E-state index is 0.0783. The summed E-state index contributed by atoms with van der Waals surface area (Å²) in [6.07, 6.45) is -4.78. The molecule has 0 unspecified atom stereocenters. The average Bonchev–Trinajstić information content (AvgIpc) is 3.39. The van der Waals surface area contributed by atoms with E-state index in [4.69, 9.17) is 9.47 Å². The van der Waals surface area contributed by atoms with Crippen LogP contribution in [0.25, 0.3) is 16.9 Å². The van der Waals surface area contributed by atoms with Gasteiger partial charge in [-0.05, 0) is 76.8 Å². The highest BCUT2D eigenvalue weighted by atomic mass is 19.4. The monoisotopic (exact) mass is 628 g/mol. The third-order valence-electron chi connectivity index (χ3n) is 7.45. The molecule has 0 bridgehead atoms. The molecule has 2 aromatic heterocycles. The minimum atomic E-state index is -4.48. The van der Waals surface area contributed by atoms with Crippen molar-refractivity contribution in [3.8, 4) is 17.0 Å². The quantitative estimate of drug-likeness (QED) is 0.229. The molecule has 5 rings (SSSR count). The first-order valence-electron chi connectivity index (χ1n) is 14.3. The predicted molar refractivity (Wildman–Crippen MR) is 155 cm³/mol. The Balaban J connectivity index is 1.63. The summed E-state index contributed by atoms with van der Waals surface area (Å²) in [5, 5.41) is 17.4. The first-order chi connectivity index (χ1) is 21.0. The second-order valence-electron chi connectivity index (χ2n) is 11.9. The molecule has 45 heavy (non-hydrogen) atoms. The highest BCUT2D eigenvalue weighted by Gasteiger charge is 2.35. The van der Waals surface area contributed by atoms with E-state index in [2.05, 4.69) is 15.4 Å². The molecule has 0 radical (unpaired) electrons. The number of carbonyl (C=O) groups is 2. The lowest BCUT2D eigenvalue weighted by atomic mass is 9.91. The Morgan fingerprint density at radius 2 is 1.82 bits per heavy atom. The normalized spacial score (nSPS) is 14.2. The number of nitrogens with zero attached hydrogens (tertiary/aromatic N) is 3. The lowest BCUT2D eigenvalue weighted by Gasteiger charge is -2.28. The zero-order valence-electron chi connectivity index (χ0n) is 25.3. The van der Waals surface area contributed by atoms with E-state index in [0.29, 0.717) is 41.7 Å². The van der Waals surface area contributed by atoms with Gasteiger partial charge in [0.15, 0.2) is 29.0 Å². The molecule has 2 aromatic carbocycles. The van der Waals surface area contributed by atoms with Crippen molar-refractivity contribution in [1.82, 2.24) is 19.9 Å². The van der Waals surface area contributed by atoms with Crippen molar-refractivity contribution in [2.75, 3.05) is 6.61 Å². The van der Waals surface area contributed by atoms with E-state index in [9.17, 15) is 27.9 Å². The highest BCUT2D eigenvalue weighted by Crippen LogP contribution is 2.41. The second-order valence-corrected chi connectivity index (χ2v) is 11.9. The third-order valence-corrected chi connectivity index (χ3v) is 7.45. The van der Waals surface area contributed by atoms with Gasteiger partial charge in [-0.1, -0.05) is 12.1 Å². The number of aliphatic carboxylic acids is 1. The fraction of sp³-hybridized carbons (Fsp3) is 0.375. The van der Waals surface area contributed by atoms with E-state index in [-0.39, 0.29) is 40.6 Å². The number of ether oxygens (including phenoxy) is 2. The molecule has 0 saturated heterocycles. The Morgan fingerprint density at radius 1 is 1.13 bits per heavy atom. The fourth-order valence-electron chi connectivity index (χ4n) is 5.39. The molecule has 4 aromatic rings. The molecule has 1 aliphatic heterocycles. The van der Waals surface area contributed by atoms with Crippen molar-refractivity contribution in [1.29, 1.82) is 0 Å². The largest absolute Gasteiger partial charge is 0.490 e. The summed E-state index contributed by atoms with van der Waals surface area (Å²) in [6.45, 7) is 8.80. The number of hydrogen-bond donors (Lipinski definition) is 2. The van der Waals surface area contributed by atoms with Gasteiger partial charge in [-0.15, -0.1) is 0 Å². The maximum atomic E-state index is 15.5. The van der Waals surface area contributed by atoms with Crippen LogP contribution in [0.15, 0.2) is 36.4 Å². The van der Waals surface area contributed by atoms with Crippen LogP contribution in [-0.4, -0.2) is 43.8 Å². The molecule has 1 amide bonds. The van der Waals surface area contributed by atoms with Gasteiger partial charge in [0.2, 0.25) is 0 Å². The SMILES string of the molecule is Cc1nc2cc(C(=O)NCc3ccc(C(F)(F)F)cc3)nn2c(-c2cc(F)c3c(c2C)CCCO3)c1[C@H](OC(C)(C)C)C(=O)O. The molecule has 0 aliphatic carbocycles. The van der Waals surface area contributed by atoms with Crippen molar-refractivity contribution in [3.63, 3.8) is 0 Å². The Labute approximate surface area is 256 Å². The Bertz CT molecular complexity index is 1790. The molecule has 238 valence electrons. The minimum Gasteiger partial charge on any atom is -0.490 e. The van der Waals surface area contributed by atoms with Gasteiger partial charge >= 0.3 is 12.1 Å². The Hall–Kier alpha value is -4.52. The van der Waals surface area contributed by atoms with E-state index in [1.807, 2.05) is 0 Å². The van der Waals surface area contributed by atoms with Crippen LogP contribution >= 0.6 is 0 Å². The topological polar surface area (TPSA) is 115 Å². The lowest BCUT2D eigenvalue weighted by molar-refractivity contribution is -0.160. The number of fused-ring (bicyclic) bond motifs is 2. The number of benzene rings is 2. The van der Waals surface area contributed by atoms with Gasteiger partial charge in [0, 0.05) is 35.0 Å². The summed E-state index contributed by atoms with van der Waals surface area (Å²) in [5.41, 5.74) is 1.10. The summed E-state index contributed by atoms with van der Waals surface area (Å²) in [7, 11) is 0. The molecule has 9 nitrogen and oxygen atoms in total. The number of carboxylic acid groups (broad SMARTS) is 1. The molecule has 1 aliphatic rings. The van der Waals surface area contributed by atoms with E-state index >= 15 is 4.39 Å². The van der Waals surface area contributed by atoms with Crippen molar-refractivity contribution in [3.05, 3.63) is 81.4 Å². The second kappa shape index (κ2) is 11.8. The third kappa shape index (κ3) is 6.48. The number of carboxylic acids is 1. The van der Waals surface area contributed by atoms with Crippen LogP contribution in [0.2, 0.25) is 0 Å². The van der Waals surface area contributed by atoms with Gasteiger partial charge in [-0.2, -0.15) is 18.3 Å². The highest BCUT2D eigenvalue weighted by molar-refractivity contribution is 5.93. The molecule has 0 saturated carbocycles. The first-order valence-corrected chi connectivity index (χ1v) is 14.3. The molecule has 3 heterocycles. The number of aryl methyl sites for hydroxylation is 1. The van der Waals surface area contributed by atoms with Crippen LogP contribution < -0.4 is 10.1 Å². The standard InChI is InChI=1S/C32H32F4N4O5/c1-16-20-7-6-12-44-27(20)22(33)13-21(16)26-25(28(30(42)43)45-31(3,4)5)17(2)38-24-14-23(39-40(24)26)29(41)37-15-18-8-10-19(11-9-18)32(34,35)36/h8-11,13-14,28H,6-7,12,15H2,1-5H3,(H,37,41)(H,42,43)/t28-/m0/s1. The summed E-state index contributed by atoms with van der Waals surface area (Å²) < 4.78 is 67.1. The van der Waals surface area contributed by atoms with Gasteiger partial charge in [0.1, 0.15) is 0 Å². The van der Waals surface area contributed by atoms with Gasteiger partial charge in [-0.25, -0.2) is 18.7 Å². The number of nitrogens with one attached hydrogen (secondary N) is 1. The number of alkyl halides is 3. The van der Waals surface area contributed by atoms with Crippen LogP contribution in [0.3, 0.4) is 0 Å². The zero-order valence-corrected chi connectivity index (χ0v) is 25.3. The van der Waals surface area contributed by atoms with Gasteiger partial charge in [-0.3, -0.25) is 4.79 Å². The van der Waals surface area contributed by atoms with Gasteiger partial charge in [0.05, 0.1) is 23.5 Å². The molecule has 0 spiro atoms. The van der Waals surface area contributed by atoms with Crippen molar-refractivity contribution in [2.45, 2.75) is 71.9 Å². The molecular formula is C32H32F4N4O5. The van der Waals surface area contributed by atoms with Crippen molar-refractivity contribution < 1.29 is 41.7 Å². The number of hydrogen-bond acceptors (Lipinski definition) is 6. The Morgan fingerprint density at radius 3 is 2.44 bits per heavy atom. The fourth-order valence-corrected chi connectivity index (χ4v) is 5.39. The number of rotatable bonds is 7.